The van der Waals surface area contributed by atoms with Gasteiger partial charge in [-0.3, -0.25) is 9.59 Å². The van der Waals surface area contributed by atoms with Crippen LogP contribution in [0.4, 0.5) is 0 Å². The number of carboxylic acid groups (broad SMARTS) is 1. The molecule has 0 bridgehead atoms. The summed E-state index contributed by atoms with van der Waals surface area (Å²) in [6.45, 7) is 2.59. The Bertz CT molecular complexity index is 614. The molecule has 7 nitrogen and oxygen atoms in total. The standard InChI is InChI=1S/C19H26N2O5/c1-14(22)21(10-9-15-6-3-2-4-7-15)12-17(23)20-18(19(24)25)16-8-5-11-26-13-16/h2-4,6-7,16,18H,5,8-13H2,1H3,(H,20,23)(H,24,25). The number of aliphatic carboxylic acids is 1. The normalized spacial score (nSPS) is 18.0. The summed E-state index contributed by atoms with van der Waals surface area (Å²) in [4.78, 5) is 37.1. The smallest absolute Gasteiger partial charge is 0.326 e. The Morgan fingerprint density at radius 3 is 2.62 bits per heavy atom. The summed E-state index contributed by atoms with van der Waals surface area (Å²) in [5.74, 6) is -2.01. The lowest BCUT2D eigenvalue weighted by molar-refractivity contribution is -0.145. The van der Waals surface area contributed by atoms with Crippen molar-refractivity contribution in [2.75, 3.05) is 26.3 Å². The van der Waals surface area contributed by atoms with Crippen molar-refractivity contribution in [2.24, 2.45) is 5.92 Å². The van der Waals surface area contributed by atoms with Crippen LogP contribution in [0.2, 0.25) is 0 Å². The predicted octanol–water partition coefficient (Wildman–Crippen LogP) is 1.07. The van der Waals surface area contributed by atoms with Crippen LogP contribution >= 0.6 is 0 Å². The van der Waals surface area contributed by atoms with Crippen LogP contribution in [0.15, 0.2) is 30.3 Å². The van der Waals surface area contributed by atoms with Gasteiger partial charge in [-0.25, -0.2) is 4.79 Å². The highest BCUT2D eigenvalue weighted by Gasteiger charge is 2.31. The van der Waals surface area contributed by atoms with Crippen LogP contribution in [-0.2, 0) is 25.5 Å². The van der Waals surface area contributed by atoms with Gasteiger partial charge in [0.25, 0.3) is 0 Å². The van der Waals surface area contributed by atoms with Crippen molar-refractivity contribution in [1.82, 2.24) is 10.2 Å². The van der Waals surface area contributed by atoms with E-state index in [-0.39, 0.29) is 18.4 Å². The average molecular weight is 362 g/mol. The molecule has 0 aliphatic carbocycles. The molecule has 2 rings (SSSR count). The first-order valence-electron chi connectivity index (χ1n) is 8.86. The van der Waals surface area contributed by atoms with Gasteiger partial charge in [0.2, 0.25) is 11.8 Å². The van der Waals surface area contributed by atoms with Gasteiger partial charge in [-0.15, -0.1) is 0 Å². The molecule has 1 fully saturated rings. The number of hydrogen-bond acceptors (Lipinski definition) is 4. The summed E-state index contributed by atoms with van der Waals surface area (Å²) in [6, 6.07) is 8.68. The number of nitrogens with one attached hydrogen (secondary N) is 1. The van der Waals surface area contributed by atoms with E-state index in [1.54, 1.807) is 0 Å². The molecule has 1 aliphatic heterocycles. The topological polar surface area (TPSA) is 95.9 Å². The van der Waals surface area contributed by atoms with Crippen LogP contribution in [0.1, 0.15) is 25.3 Å². The highest BCUT2D eigenvalue weighted by atomic mass is 16.5. The quantitative estimate of drug-likeness (QED) is 0.721. The van der Waals surface area contributed by atoms with Crippen molar-refractivity contribution in [2.45, 2.75) is 32.2 Å². The van der Waals surface area contributed by atoms with E-state index in [4.69, 9.17) is 4.74 Å². The maximum absolute atomic E-state index is 12.3. The van der Waals surface area contributed by atoms with Crippen LogP contribution in [0.25, 0.3) is 0 Å². The lowest BCUT2D eigenvalue weighted by atomic mass is 9.93. The fourth-order valence-corrected chi connectivity index (χ4v) is 3.06. The molecule has 1 aromatic rings. The molecule has 2 amide bonds. The molecule has 1 saturated heterocycles. The second kappa shape index (κ2) is 9.91. The van der Waals surface area contributed by atoms with E-state index in [0.29, 0.717) is 32.6 Å². The second-order valence-electron chi connectivity index (χ2n) is 6.54. The van der Waals surface area contributed by atoms with Crippen molar-refractivity contribution in [3.63, 3.8) is 0 Å². The Morgan fingerprint density at radius 1 is 1.31 bits per heavy atom. The molecule has 2 N–H and O–H groups in total. The molecular weight excluding hydrogens is 336 g/mol. The van der Waals surface area contributed by atoms with Crippen molar-refractivity contribution < 1.29 is 24.2 Å². The SMILES string of the molecule is CC(=O)N(CCc1ccccc1)CC(=O)NC(C(=O)O)C1CCCOC1. The van der Waals surface area contributed by atoms with Gasteiger partial charge < -0.3 is 20.1 Å². The molecule has 1 heterocycles. The number of carbonyl (C=O) groups excluding carboxylic acids is 2. The van der Waals surface area contributed by atoms with Crippen LogP contribution in [0.5, 0.6) is 0 Å². The van der Waals surface area contributed by atoms with Gasteiger partial charge in [0.05, 0.1) is 13.2 Å². The third-order valence-corrected chi connectivity index (χ3v) is 4.54. The number of nitrogens with zero attached hydrogens (tertiary/aromatic N) is 1. The minimum Gasteiger partial charge on any atom is -0.480 e. The van der Waals surface area contributed by atoms with E-state index in [9.17, 15) is 19.5 Å². The largest absolute Gasteiger partial charge is 0.480 e. The molecule has 2 atom stereocenters. The Kier molecular flexibility index (Phi) is 7.59. The average Bonchev–Trinajstić information content (AvgIpc) is 2.64. The summed E-state index contributed by atoms with van der Waals surface area (Å²) in [5.41, 5.74) is 1.07. The molecule has 0 radical (unpaired) electrons. The first-order chi connectivity index (χ1) is 12.5. The molecule has 0 saturated carbocycles. The number of carbonyl (C=O) groups is 3. The number of rotatable bonds is 8. The Labute approximate surface area is 153 Å². The molecule has 0 spiro atoms. The third-order valence-electron chi connectivity index (χ3n) is 4.54. The van der Waals surface area contributed by atoms with Gasteiger partial charge in [0, 0.05) is 26.0 Å². The van der Waals surface area contributed by atoms with Crippen molar-refractivity contribution in [3.8, 4) is 0 Å². The number of carboxylic acids is 1. The minimum absolute atomic E-state index is 0.153. The number of ether oxygens (including phenoxy) is 1. The highest BCUT2D eigenvalue weighted by molar-refractivity contribution is 5.87. The zero-order chi connectivity index (χ0) is 18.9. The predicted molar refractivity (Wildman–Crippen MR) is 95.5 cm³/mol. The molecule has 1 aromatic carbocycles. The second-order valence-corrected chi connectivity index (χ2v) is 6.54. The first kappa shape index (κ1) is 19.9. The van der Waals surface area contributed by atoms with Crippen LogP contribution in [0.3, 0.4) is 0 Å². The number of hydrogen-bond donors (Lipinski definition) is 2. The van der Waals surface area contributed by atoms with Gasteiger partial charge in [0.1, 0.15) is 6.04 Å². The lowest BCUT2D eigenvalue weighted by Crippen LogP contribution is -2.51. The molecule has 1 aliphatic rings. The highest BCUT2D eigenvalue weighted by Crippen LogP contribution is 2.18. The molecule has 7 heteroatoms. The molecule has 0 aromatic heterocycles. The van der Waals surface area contributed by atoms with E-state index in [1.807, 2.05) is 30.3 Å². The summed E-state index contributed by atoms with van der Waals surface area (Å²) in [6.07, 6.45) is 2.11. The Morgan fingerprint density at radius 2 is 2.04 bits per heavy atom. The van der Waals surface area contributed by atoms with E-state index in [1.165, 1.54) is 11.8 Å². The maximum atomic E-state index is 12.3. The van der Waals surface area contributed by atoms with Crippen LogP contribution in [-0.4, -0.2) is 60.1 Å². The summed E-state index contributed by atoms with van der Waals surface area (Å²) in [5, 5.41) is 12.0. The van der Waals surface area contributed by atoms with E-state index >= 15 is 0 Å². The fraction of sp³-hybridized carbons (Fsp3) is 0.526. The van der Waals surface area contributed by atoms with E-state index in [0.717, 1.165) is 12.0 Å². The van der Waals surface area contributed by atoms with Gasteiger partial charge in [0.15, 0.2) is 0 Å². The Balaban J connectivity index is 1.90. The number of amides is 2. The van der Waals surface area contributed by atoms with Gasteiger partial charge in [-0.1, -0.05) is 30.3 Å². The minimum atomic E-state index is -1.08. The molecule has 142 valence electrons. The summed E-state index contributed by atoms with van der Waals surface area (Å²) in [7, 11) is 0. The monoisotopic (exact) mass is 362 g/mol. The maximum Gasteiger partial charge on any atom is 0.326 e. The Hall–Kier alpha value is -2.41. The zero-order valence-electron chi connectivity index (χ0n) is 15.0. The zero-order valence-corrected chi connectivity index (χ0v) is 15.0. The summed E-state index contributed by atoms with van der Waals surface area (Å²) < 4.78 is 5.32. The first-order valence-corrected chi connectivity index (χ1v) is 8.86. The van der Waals surface area contributed by atoms with Crippen molar-refractivity contribution in [3.05, 3.63) is 35.9 Å². The van der Waals surface area contributed by atoms with Gasteiger partial charge in [-0.05, 0) is 24.8 Å². The van der Waals surface area contributed by atoms with Gasteiger partial charge in [-0.2, -0.15) is 0 Å². The van der Waals surface area contributed by atoms with E-state index < -0.39 is 17.9 Å². The molecular formula is C19H26N2O5. The number of benzene rings is 1. The van der Waals surface area contributed by atoms with Crippen LogP contribution < -0.4 is 5.32 Å². The van der Waals surface area contributed by atoms with Crippen LogP contribution in [0, 0.1) is 5.92 Å². The van der Waals surface area contributed by atoms with Crippen molar-refractivity contribution >= 4 is 17.8 Å². The van der Waals surface area contributed by atoms with Crippen molar-refractivity contribution in [1.29, 1.82) is 0 Å². The lowest BCUT2D eigenvalue weighted by Gasteiger charge is -2.29. The molecule has 2 unspecified atom stereocenters. The van der Waals surface area contributed by atoms with Gasteiger partial charge >= 0.3 is 5.97 Å². The summed E-state index contributed by atoms with van der Waals surface area (Å²) >= 11 is 0. The fourth-order valence-electron chi connectivity index (χ4n) is 3.06. The third kappa shape index (κ3) is 6.15. The van der Waals surface area contributed by atoms with E-state index in [2.05, 4.69) is 5.32 Å². The molecule has 26 heavy (non-hydrogen) atoms.